The fraction of sp³-hybridized carbons (Fsp3) is 0.0909. The van der Waals surface area contributed by atoms with E-state index in [4.69, 9.17) is 10.1 Å². The lowest BCUT2D eigenvalue weighted by molar-refractivity contribution is 0.624. The molecule has 8 heteroatoms. The van der Waals surface area contributed by atoms with Crippen molar-refractivity contribution in [2.75, 3.05) is 5.01 Å². The number of nitrogens with zero attached hydrogens (tertiary/aromatic N) is 3. The van der Waals surface area contributed by atoms with Gasteiger partial charge in [0.2, 0.25) is 5.13 Å². The molecule has 5 rings (SSSR count). The van der Waals surface area contributed by atoms with E-state index in [0.717, 1.165) is 39.0 Å². The first-order chi connectivity index (χ1) is 14.2. The number of aromatic nitrogens is 1. The lowest BCUT2D eigenvalue weighted by atomic mass is 10.0. The van der Waals surface area contributed by atoms with Gasteiger partial charge in [-0.1, -0.05) is 30.3 Å². The summed E-state index contributed by atoms with van der Waals surface area (Å²) >= 11 is 5.57. The van der Waals surface area contributed by atoms with E-state index in [1.807, 2.05) is 23.2 Å². The summed E-state index contributed by atoms with van der Waals surface area (Å²) < 4.78 is 14.7. The maximum atomic E-state index is 13.5. The molecule has 3 nitrogen and oxygen atoms in total. The van der Waals surface area contributed by atoms with Crippen molar-refractivity contribution in [1.82, 2.24) is 4.98 Å². The third-order valence-electron chi connectivity index (χ3n) is 4.80. The molecule has 0 aliphatic carbocycles. The quantitative estimate of drug-likeness (QED) is 0.223. The van der Waals surface area contributed by atoms with E-state index in [0.29, 0.717) is 0 Å². The fourth-order valence-corrected chi connectivity index (χ4v) is 5.26. The van der Waals surface area contributed by atoms with Crippen molar-refractivity contribution in [1.29, 1.82) is 0 Å². The van der Waals surface area contributed by atoms with E-state index in [1.54, 1.807) is 22.7 Å². The number of thiophene rings is 1. The summed E-state index contributed by atoms with van der Waals surface area (Å²) in [4.78, 5) is 6.03. The van der Waals surface area contributed by atoms with Gasteiger partial charge in [-0.05, 0) is 63.9 Å². The zero-order chi connectivity index (χ0) is 19.8. The van der Waals surface area contributed by atoms with Gasteiger partial charge < -0.3 is 0 Å². The molecule has 1 unspecified atom stereocenters. The number of hydrogen-bond acceptors (Lipinski definition) is 5. The van der Waals surface area contributed by atoms with Crippen molar-refractivity contribution < 1.29 is 4.39 Å². The van der Waals surface area contributed by atoms with Gasteiger partial charge in [0.05, 0.1) is 22.3 Å². The minimum atomic E-state index is -0.229. The van der Waals surface area contributed by atoms with Crippen molar-refractivity contribution in [3.63, 3.8) is 0 Å². The van der Waals surface area contributed by atoms with Gasteiger partial charge in [-0.15, -0.1) is 39.7 Å². The topological polar surface area (TPSA) is 28.5 Å². The molecule has 2 aromatic carbocycles. The molecular formula is C22H16BrFIN3S2. The van der Waals surface area contributed by atoms with E-state index in [2.05, 4.69) is 63.7 Å². The van der Waals surface area contributed by atoms with E-state index in [9.17, 15) is 4.39 Å². The number of anilines is 1. The van der Waals surface area contributed by atoms with Crippen LogP contribution in [-0.2, 0) is 0 Å². The lowest BCUT2D eigenvalue weighted by Gasteiger charge is -2.21. The minimum Gasteiger partial charge on any atom is -0.231 e. The normalized spacial score (nSPS) is 15.7. The second kappa shape index (κ2) is 9.25. The van der Waals surface area contributed by atoms with Crippen LogP contribution in [0.3, 0.4) is 0 Å². The molecule has 0 bridgehead atoms. The molecule has 3 heterocycles. The average Bonchev–Trinajstić information content (AvgIpc) is 3.48. The monoisotopic (exact) mass is 611 g/mol. The third-order valence-corrected chi connectivity index (χ3v) is 7.27. The standard InChI is InChI=1S/C22H15FIN3S2.BrH/c23-16-7-3-15(4-8-16)20-12-18(21-2-1-11-28-21)26-27(20)22-25-19(13-29-22)14-5-9-17(24)10-6-14;/h1-11,13,20H,12H2;1H. The van der Waals surface area contributed by atoms with Crippen LogP contribution in [-0.4, -0.2) is 10.7 Å². The van der Waals surface area contributed by atoms with Crippen molar-refractivity contribution in [2.24, 2.45) is 5.10 Å². The van der Waals surface area contributed by atoms with E-state index >= 15 is 0 Å². The zero-order valence-electron chi connectivity index (χ0n) is 15.5. The number of halogens is 3. The molecule has 0 radical (unpaired) electrons. The number of rotatable bonds is 4. The SMILES string of the molecule is Br.Fc1ccc(C2CC(c3cccs3)=NN2c2nc(-c3ccc(I)cc3)cs2)cc1. The van der Waals surface area contributed by atoms with Gasteiger partial charge >= 0.3 is 0 Å². The van der Waals surface area contributed by atoms with Crippen LogP contribution in [0.25, 0.3) is 11.3 Å². The first-order valence-electron chi connectivity index (χ1n) is 9.05. The molecule has 0 saturated heterocycles. The highest BCUT2D eigenvalue weighted by atomic mass is 127. The molecule has 0 saturated carbocycles. The van der Waals surface area contributed by atoms with Crippen LogP contribution in [0.4, 0.5) is 9.52 Å². The summed E-state index contributed by atoms with van der Waals surface area (Å²) in [5.74, 6) is -0.229. The summed E-state index contributed by atoms with van der Waals surface area (Å²) in [5.41, 5.74) is 4.11. The van der Waals surface area contributed by atoms with E-state index in [1.165, 1.54) is 15.7 Å². The van der Waals surface area contributed by atoms with Gasteiger partial charge in [0.1, 0.15) is 5.82 Å². The minimum absolute atomic E-state index is 0. The highest BCUT2D eigenvalue weighted by Crippen LogP contribution is 2.39. The fourth-order valence-electron chi connectivity index (χ4n) is 3.35. The predicted octanol–water partition coefficient (Wildman–Crippen LogP) is 7.55. The van der Waals surface area contributed by atoms with E-state index < -0.39 is 0 Å². The van der Waals surface area contributed by atoms with E-state index in [-0.39, 0.29) is 28.8 Å². The molecule has 0 N–H and O–H groups in total. The molecule has 2 aromatic heterocycles. The van der Waals surface area contributed by atoms with Crippen molar-refractivity contribution in [3.8, 4) is 11.3 Å². The molecular weight excluding hydrogens is 596 g/mol. The summed E-state index contributed by atoms with van der Waals surface area (Å²) in [7, 11) is 0. The van der Waals surface area contributed by atoms with Crippen LogP contribution in [0.15, 0.2) is 76.5 Å². The van der Waals surface area contributed by atoms with Gasteiger partial charge in [0, 0.05) is 20.9 Å². The largest absolute Gasteiger partial charge is 0.231 e. The number of hydrazone groups is 1. The molecule has 152 valence electrons. The van der Waals surface area contributed by atoms with Crippen molar-refractivity contribution in [2.45, 2.75) is 12.5 Å². The third kappa shape index (κ3) is 4.37. The van der Waals surface area contributed by atoms with Gasteiger partial charge in [-0.25, -0.2) is 14.4 Å². The number of thiazole rings is 1. The average molecular weight is 612 g/mol. The summed E-state index contributed by atoms with van der Waals surface area (Å²) in [6.07, 6.45) is 0.768. The second-order valence-corrected chi connectivity index (χ2v) is 9.69. The molecule has 0 amide bonds. The Hall–Kier alpha value is -1.62. The van der Waals surface area contributed by atoms with Gasteiger partial charge in [-0.3, -0.25) is 0 Å². The Morgan fingerprint density at radius 3 is 2.47 bits per heavy atom. The van der Waals surface area contributed by atoms with Crippen LogP contribution in [0, 0.1) is 9.39 Å². The first-order valence-corrected chi connectivity index (χ1v) is 11.9. The smallest absolute Gasteiger partial charge is 0.207 e. The van der Waals surface area contributed by atoms with Crippen molar-refractivity contribution >= 4 is 73.1 Å². The molecule has 1 aliphatic heterocycles. The second-order valence-electron chi connectivity index (χ2n) is 6.66. The molecule has 1 aliphatic rings. The molecule has 0 spiro atoms. The maximum Gasteiger partial charge on any atom is 0.207 e. The Labute approximate surface area is 206 Å². The summed E-state index contributed by atoms with van der Waals surface area (Å²) in [6.45, 7) is 0. The van der Waals surface area contributed by atoms with Crippen LogP contribution in [0.2, 0.25) is 0 Å². The highest BCUT2D eigenvalue weighted by molar-refractivity contribution is 14.1. The van der Waals surface area contributed by atoms with Crippen LogP contribution < -0.4 is 5.01 Å². The lowest BCUT2D eigenvalue weighted by Crippen LogP contribution is -2.18. The van der Waals surface area contributed by atoms with Gasteiger partial charge in [0.15, 0.2) is 0 Å². The highest BCUT2D eigenvalue weighted by Gasteiger charge is 2.32. The number of benzene rings is 2. The van der Waals surface area contributed by atoms with Crippen LogP contribution >= 0.6 is 62.2 Å². The van der Waals surface area contributed by atoms with Crippen LogP contribution in [0.5, 0.6) is 0 Å². The first kappa shape index (κ1) is 21.6. The Morgan fingerprint density at radius 2 is 1.77 bits per heavy atom. The molecule has 30 heavy (non-hydrogen) atoms. The molecule has 1 atom stereocenters. The molecule has 0 fully saturated rings. The summed E-state index contributed by atoms with van der Waals surface area (Å²) in [6, 6.07) is 19.2. The molecule has 4 aromatic rings. The van der Waals surface area contributed by atoms with Gasteiger partial charge in [-0.2, -0.15) is 5.10 Å². The van der Waals surface area contributed by atoms with Gasteiger partial charge in [0.25, 0.3) is 0 Å². The maximum absolute atomic E-state index is 13.5. The zero-order valence-corrected chi connectivity index (χ0v) is 21.0. The summed E-state index contributed by atoms with van der Waals surface area (Å²) in [5, 5.41) is 11.9. The predicted molar refractivity (Wildman–Crippen MR) is 138 cm³/mol. The van der Waals surface area contributed by atoms with Crippen LogP contribution in [0.1, 0.15) is 22.9 Å². The Kier molecular flexibility index (Phi) is 6.66. The Bertz CT molecular complexity index is 1160. The Balaban J connectivity index is 0.00000218. The van der Waals surface area contributed by atoms with Crippen molar-refractivity contribution in [3.05, 3.63) is 91.3 Å². The number of hydrogen-bond donors (Lipinski definition) is 0. The Morgan fingerprint density at radius 1 is 1.00 bits per heavy atom.